The van der Waals surface area contributed by atoms with Gasteiger partial charge in [-0.2, -0.15) is 11.3 Å². The number of rotatable bonds is 6. The molecule has 1 aromatic rings. The number of hydrogen-bond donors (Lipinski definition) is 2. The number of nitrogens with one attached hydrogen (secondary N) is 2. The summed E-state index contributed by atoms with van der Waals surface area (Å²) in [6.45, 7) is 11.8. The summed E-state index contributed by atoms with van der Waals surface area (Å²) >= 11 is 1.73. The fourth-order valence-corrected chi connectivity index (χ4v) is 3.53. The molecule has 1 fully saturated rings. The molecule has 0 aliphatic carbocycles. The smallest absolute Gasteiger partial charge is 0.191 e. The van der Waals surface area contributed by atoms with Crippen molar-refractivity contribution >= 4 is 41.3 Å². The van der Waals surface area contributed by atoms with Gasteiger partial charge in [-0.15, -0.1) is 24.0 Å². The zero-order chi connectivity index (χ0) is 15.8. The Balaban J connectivity index is 0.00000264. The van der Waals surface area contributed by atoms with Gasteiger partial charge in [-0.3, -0.25) is 0 Å². The Morgan fingerprint density at radius 2 is 2.26 bits per heavy atom. The van der Waals surface area contributed by atoms with Crippen molar-refractivity contribution in [1.29, 1.82) is 0 Å². The first kappa shape index (κ1) is 20.7. The third-order valence-corrected chi connectivity index (χ3v) is 4.92. The van der Waals surface area contributed by atoms with Gasteiger partial charge in [0, 0.05) is 25.7 Å². The molecule has 0 spiro atoms. The minimum Gasteiger partial charge on any atom is -0.357 e. The quantitative estimate of drug-likeness (QED) is 0.396. The molecule has 6 heteroatoms. The van der Waals surface area contributed by atoms with Gasteiger partial charge in [0.15, 0.2) is 5.96 Å². The van der Waals surface area contributed by atoms with Gasteiger partial charge in [-0.1, -0.05) is 0 Å². The van der Waals surface area contributed by atoms with Crippen molar-refractivity contribution < 1.29 is 0 Å². The van der Waals surface area contributed by atoms with Crippen LogP contribution in [0.1, 0.15) is 39.2 Å². The van der Waals surface area contributed by atoms with Crippen LogP contribution in [0.2, 0.25) is 0 Å². The first-order chi connectivity index (χ1) is 10.7. The van der Waals surface area contributed by atoms with Crippen molar-refractivity contribution in [2.24, 2.45) is 10.9 Å². The number of halogens is 1. The van der Waals surface area contributed by atoms with E-state index in [1.165, 1.54) is 31.5 Å². The zero-order valence-corrected chi connectivity index (χ0v) is 17.7. The van der Waals surface area contributed by atoms with E-state index in [1.807, 2.05) is 0 Å². The highest BCUT2D eigenvalue weighted by atomic mass is 127. The average Bonchev–Trinajstić information content (AvgIpc) is 3.03. The number of likely N-dealkylation sites (tertiary alicyclic amines) is 1. The summed E-state index contributed by atoms with van der Waals surface area (Å²) in [5.41, 5.74) is 1.28. The summed E-state index contributed by atoms with van der Waals surface area (Å²) in [6.07, 6.45) is 2.63. The third-order valence-electron chi connectivity index (χ3n) is 4.18. The minimum absolute atomic E-state index is 0. The van der Waals surface area contributed by atoms with E-state index in [0.29, 0.717) is 6.04 Å². The average molecular weight is 450 g/mol. The number of thiophene rings is 1. The number of nitrogens with zero attached hydrogens (tertiary/aromatic N) is 2. The summed E-state index contributed by atoms with van der Waals surface area (Å²) in [5.74, 6) is 1.66. The van der Waals surface area contributed by atoms with E-state index in [0.717, 1.165) is 31.5 Å². The van der Waals surface area contributed by atoms with Gasteiger partial charge in [0.1, 0.15) is 0 Å². The molecule has 132 valence electrons. The van der Waals surface area contributed by atoms with Gasteiger partial charge >= 0.3 is 0 Å². The molecule has 23 heavy (non-hydrogen) atoms. The molecular formula is C17H31IN4S. The Morgan fingerprint density at radius 3 is 2.91 bits per heavy atom. The molecule has 2 rings (SSSR count). The Morgan fingerprint density at radius 1 is 1.43 bits per heavy atom. The van der Waals surface area contributed by atoms with Crippen LogP contribution in [0.4, 0.5) is 0 Å². The summed E-state index contributed by atoms with van der Waals surface area (Å²) < 4.78 is 0. The molecule has 4 nitrogen and oxygen atoms in total. The van der Waals surface area contributed by atoms with E-state index < -0.39 is 0 Å². The van der Waals surface area contributed by atoms with Crippen LogP contribution in [-0.4, -0.2) is 43.1 Å². The maximum absolute atomic E-state index is 4.68. The van der Waals surface area contributed by atoms with Crippen molar-refractivity contribution in [3.05, 3.63) is 22.4 Å². The number of piperidine rings is 1. The molecule has 1 atom stereocenters. The lowest BCUT2D eigenvalue weighted by Gasteiger charge is -2.35. The largest absolute Gasteiger partial charge is 0.357 e. The molecule has 2 heterocycles. The predicted octanol–water partition coefficient (Wildman–Crippen LogP) is 3.54. The fourth-order valence-electron chi connectivity index (χ4n) is 2.87. The molecule has 1 aliphatic rings. The molecule has 1 saturated heterocycles. The molecule has 1 aromatic heterocycles. The molecule has 2 N–H and O–H groups in total. The van der Waals surface area contributed by atoms with Crippen molar-refractivity contribution in [3.8, 4) is 0 Å². The molecule has 1 aliphatic heterocycles. The lowest BCUT2D eigenvalue weighted by atomic mass is 9.97. The monoisotopic (exact) mass is 450 g/mol. The van der Waals surface area contributed by atoms with Gasteiger partial charge in [0.2, 0.25) is 0 Å². The van der Waals surface area contributed by atoms with Gasteiger partial charge in [-0.05, 0) is 68.5 Å². The van der Waals surface area contributed by atoms with E-state index in [4.69, 9.17) is 0 Å². The summed E-state index contributed by atoms with van der Waals surface area (Å²) in [5, 5.41) is 11.1. The van der Waals surface area contributed by atoms with Crippen LogP contribution in [0.25, 0.3) is 0 Å². The lowest BCUT2D eigenvalue weighted by Crippen LogP contribution is -2.46. The van der Waals surface area contributed by atoms with Crippen molar-refractivity contribution in [1.82, 2.24) is 15.5 Å². The van der Waals surface area contributed by atoms with Crippen LogP contribution in [0, 0.1) is 5.92 Å². The molecule has 0 aromatic carbocycles. The highest BCUT2D eigenvalue weighted by molar-refractivity contribution is 14.0. The van der Waals surface area contributed by atoms with Crippen LogP contribution in [0.3, 0.4) is 0 Å². The first-order valence-electron chi connectivity index (χ1n) is 8.46. The molecule has 0 radical (unpaired) electrons. The zero-order valence-electron chi connectivity index (χ0n) is 14.5. The molecule has 1 unspecified atom stereocenters. The molecule has 0 amide bonds. The second-order valence-electron chi connectivity index (χ2n) is 6.30. The highest BCUT2D eigenvalue weighted by Gasteiger charge is 2.21. The normalized spacial score (nSPS) is 19.5. The van der Waals surface area contributed by atoms with Gasteiger partial charge in [-0.25, -0.2) is 4.99 Å². The number of aliphatic imine (C=N–C) groups is 1. The predicted molar refractivity (Wildman–Crippen MR) is 112 cm³/mol. The SMILES string of the molecule is CCNC(=NCc1ccsc1)NCC1CCCN(C(C)C)C1.I. The van der Waals surface area contributed by atoms with E-state index >= 15 is 0 Å². The highest BCUT2D eigenvalue weighted by Crippen LogP contribution is 2.17. The Hall–Kier alpha value is -0.340. The van der Waals surface area contributed by atoms with Gasteiger partial charge in [0.25, 0.3) is 0 Å². The second-order valence-corrected chi connectivity index (χ2v) is 7.08. The lowest BCUT2D eigenvalue weighted by molar-refractivity contribution is 0.141. The molecule has 0 bridgehead atoms. The van der Waals surface area contributed by atoms with Gasteiger partial charge in [0.05, 0.1) is 6.54 Å². The maximum atomic E-state index is 4.68. The standard InChI is InChI=1S/C17H30N4S.HI/c1-4-18-17(20-11-16-7-9-22-13-16)19-10-15-6-5-8-21(12-15)14(2)3;/h7,9,13-15H,4-6,8,10-12H2,1-3H3,(H2,18,19,20);1H. The summed E-state index contributed by atoms with van der Waals surface area (Å²) in [7, 11) is 0. The van der Waals surface area contributed by atoms with Crippen LogP contribution >= 0.6 is 35.3 Å². The summed E-state index contributed by atoms with van der Waals surface area (Å²) in [4.78, 5) is 7.27. The van der Waals surface area contributed by atoms with Crippen LogP contribution in [0.5, 0.6) is 0 Å². The van der Waals surface area contributed by atoms with Crippen LogP contribution in [0.15, 0.2) is 21.8 Å². The Labute approximate surface area is 162 Å². The van der Waals surface area contributed by atoms with E-state index in [9.17, 15) is 0 Å². The maximum Gasteiger partial charge on any atom is 0.191 e. The Bertz CT molecular complexity index is 447. The minimum atomic E-state index is 0. The van der Waals surface area contributed by atoms with Crippen molar-refractivity contribution in [2.75, 3.05) is 26.2 Å². The van der Waals surface area contributed by atoms with E-state index in [1.54, 1.807) is 11.3 Å². The van der Waals surface area contributed by atoms with Crippen LogP contribution in [-0.2, 0) is 6.54 Å². The van der Waals surface area contributed by atoms with E-state index in [2.05, 4.69) is 58.1 Å². The second kappa shape index (κ2) is 11.3. The van der Waals surface area contributed by atoms with Crippen molar-refractivity contribution in [2.45, 2.75) is 46.2 Å². The van der Waals surface area contributed by atoms with Crippen LogP contribution < -0.4 is 10.6 Å². The van der Waals surface area contributed by atoms with E-state index in [-0.39, 0.29) is 24.0 Å². The van der Waals surface area contributed by atoms with Gasteiger partial charge < -0.3 is 15.5 Å². The molecular weight excluding hydrogens is 419 g/mol. The first-order valence-corrected chi connectivity index (χ1v) is 9.40. The third kappa shape index (κ3) is 7.39. The Kier molecular flexibility index (Phi) is 10.1. The summed E-state index contributed by atoms with van der Waals surface area (Å²) in [6, 6.07) is 2.79. The van der Waals surface area contributed by atoms with Crippen molar-refractivity contribution in [3.63, 3.8) is 0 Å². The topological polar surface area (TPSA) is 39.7 Å². The number of hydrogen-bond acceptors (Lipinski definition) is 3. The fraction of sp³-hybridized carbons (Fsp3) is 0.706. The molecule has 0 saturated carbocycles. The number of guanidine groups is 1.